The summed E-state index contributed by atoms with van der Waals surface area (Å²) in [5.74, 6) is 0. The minimum absolute atomic E-state index is 0. The average molecular weight is 301 g/mol. The number of hydrogen-bond acceptors (Lipinski definition) is 1. The first-order chi connectivity index (χ1) is 8.43. The van der Waals surface area contributed by atoms with E-state index in [0.29, 0.717) is 0 Å². The second-order valence-corrected chi connectivity index (χ2v) is 4.02. The van der Waals surface area contributed by atoms with Crippen LogP contribution in [0, 0.1) is 0 Å². The summed E-state index contributed by atoms with van der Waals surface area (Å²) in [6.45, 7) is 0. The van der Waals surface area contributed by atoms with E-state index < -0.39 is 0 Å². The summed E-state index contributed by atoms with van der Waals surface area (Å²) in [6.07, 6.45) is 0. The minimum Gasteiger partial charge on any atom is -2.00 e. The Bertz CT molecular complexity index is 635. The maximum absolute atomic E-state index is 3.45. The number of fused-ring (bicyclic) bond motifs is 1. The van der Waals surface area contributed by atoms with Crippen LogP contribution < -0.4 is 5.32 Å². The van der Waals surface area contributed by atoms with Crippen molar-refractivity contribution in [1.29, 1.82) is 0 Å². The molecule has 0 bridgehead atoms. The number of hydrogen-bond donors (Lipinski definition) is 1. The maximum atomic E-state index is 3.45. The predicted octanol–water partition coefficient (Wildman–Crippen LogP) is 4.46. The van der Waals surface area contributed by atoms with Gasteiger partial charge in [0.05, 0.1) is 0 Å². The Morgan fingerprint density at radius 2 is 1.26 bits per heavy atom. The molecular weight excluding hydrogens is 288 g/mol. The second-order valence-electron chi connectivity index (χ2n) is 4.02. The van der Waals surface area contributed by atoms with Crippen molar-refractivity contribution in [3.05, 3.63) is 72.8 Å². The van der Waals surface area contributed by atoms with Crippen molar-refractivity contribution in [2.45, 2.75) is 0 Å². The van der Waals surface area contributed by atoms with Crippen molar-refractivity contribution < 1.29 is 25.0 Å². The van der Waals surface area contributed by atoms with E-state index in [0.717, 1.165) is 11.4 Å². The predicted molar refractivity (Wildman–Crippen MR) is 74.4 cm³/mol. The minimum atomic E-state index is 0. The molecule has 19 heavy (non-hydrogen) atoms. The van der Waals surface area contributed by atoms with E-state index in [4.69, 9.17) is 0 Å². The third kappa shape index (κ3) is 3.40. The smallest absolute Gasteiger partial charge is 2.00 e. The van der Waals surface area contributed by atoms with Crippen molar-refractivity contribution in [2.24, 2.45) is 0 Å². The molecule has 0 unspecified atom stereocenters. The zero-order valence-electron chi connectivity index (χ0n) is 10.5. The number of anilines is 2. The molecule has 90 valence electrons. The normalized spacial score (nSPS) is 9.26. The van der Waals surface area contributed by atoms with Gasteiger partial charge >= 0.3 is 19.5 Å². The molecule has 0 fully saturated rings. The molecule has 0 atom stereocenters. The van der Waals surface area contributed by atoms with E-state index in [9.17, 15) is 0 Å². The Kier molecular flexibility index (Phi) is 5.68. The van der Waals surface area contributed by atoms with E-state index in [-0.39, 0.29) is 25.0 Å². The molecule has 3 heteroatoms. The molecule has 0 heterocycles. The van der Waals surface area contributed by atoms with E-state index >= 15 is 0 Å². The van der Waals surface area contributed by atoms with Crippen LogP contribution in [0.15, 0.2) is 72.8 Å². The number of benzene rings is 3. The standard InChI is InChI=1S/C16H13N.O.Zn/c1-2-9-14(10-3-1)17-16-12-6-8-13-7-4-5-11-15(13)16;;/h1-12,17H;;/q;-2;+2. The zero-order valence-corrected chi connectivity index (χ0v) is 13.5. The molecule has 0 saturated heterocycles. The summed E-state index contributed by atoms with van der Waals surface area (Å²) in [4.78, 5) is 0. The first-order valence-electron chi connectivity index (χ1n) is 5.73. The largest absolute Gasteiger partial charge is 2.00 e. The fourth-order valence-corrected chi connectivity index (χ4v) is 2.01. The van der Waals surface area contributed by atoms with Gasteiger partial charge in [-0.3, -0.25) is 0 Å². The monoisotopic (exact) mass is 299 g/mol. The maximum Gasteiger partial charge on any atom is 2.00 e. The molecule has 3 aromatic carbocycles. The van der Waals surface area contributed by atoms with Crippen LogP contribution in [0.5, 0.6) is 0 Å². The van der Waals surface area contributed by atoms with Crippen LogP contribution in [0.1, 0.15) is 0 Å². The zero-order chi connectivity index (χ0) is 11.5. The van der Waals surface area contributed by atoms with Crippen LogP contribution >= 0.6 is 0 Å². The van der Waals surface area contributed by atoms with Crippen molar-refractivity contribution in [3.63, 3.8) is 0 Å². The van der Waals surface area contributed by atoms with Crippen LogP contribution in [0.4, 0.5) is 11.4 Å². The summed E-state index contributed by atoms with van der Waals surface area (Å²) in [7, 11) is 0. The molecule has 0 aromatic heterocycles. The molecule has 0 amide bonds. The summed E-state index contributed by atoms with van der Waals surface area (Å²) in [5, 5.41) is 5.95. The molecule has 3 rings (SSSR count). The fourth-order valence-electron chi connectivity index (χ4n) is 2.01. The Labute approximate surface area is 125 Å². The summed E-state index contributed by atoms with van der Waals surface area (Å²) in [5.41, 5.74) is 2.26. The average Bonchev–Trinajstić information content (AvgIpc) is 2.40. The molecule has 0 spiro atoms. The van der Waals surface area contributed by atoms with Gasteiger partial charge in [-0.15, -0.1) is 0 Å². The number of rotatable bonds is 2. The van der Waals surface area contributed by atoms with E-state index in [1.807, 2.05) is 18.2 Å². The second kappa shape index (κ2) is 7.03. The van der Waals surface area contributed by atoms with Crippen molar-refractivity contribution in [1.82, 2.24) is 0 Å². The first kappa shape index (κ1) is 15.4. The van der Waals surface area contributed by atoms with Gasteiger partial charge in [-0.2, -0.15) is 0 Å². The molecule has 0 aliphatic rings. The van der Waals surface area contributed by atoms with Crippen molar-refractivity contribution >= 4 is 22.1 Å². The van der Waals surface area contributed by atoms with Gasteiger partial charge < -0.3 is 10.8 Å². The number of nitrogens with one attached hydrogen (secondary N) is 1. The van der Waals surface area contributed by atoms with Crippen LogP contribution in [-0.4, -0.2) is 0 Å². The van der Waals surface area contributed by atoms with Gasteiger partial charge in [0, 0.05) is 16.8 Å². The van der Waals surface area contributed by atoms with Crippen LogP contribution in [0.2, 0.25) is 0 Å². The Balaban J connectivity index is 0.000000902. The molecule has 2 nitrogen and oxygen atoms in total. The van der Waals surface area contributed by atoms with Gasteiger partial charge in [0.25, 0.3) is 0 Å². The summed E-state index contributed by atoms with van der Waals surface area (Å²) in [6, 6.07) is 25.0. The molecule has 0 radical (unpaired) electrons. The van der Waals surface area contributed by atoms with Crippen LogP contribution in [-0.2, 0) is 25.0 Å². The van der Waals surface area contributed by atoms with Crippen molar-refractivity contribution in [2.75, 3.05) is 5.32 Å². The van der Waals surface area contributed by atoms with E-state index in [1.54, 1.807) is 0 Å². The van der Waals surface area contributed by atoms with E-state index in [2.05, 4.69) is 59.9 Å². The molecule has 0 aliphatic carbocycles. The van der Waals surface area contributed by atoms with Crippen molar-refractivity contribution in [3.8, 4) is 0 Å². The van der Waals surface area contributed by atoms with E-state index in [1.165, 1.54) is 10.8 Å². The fraction of sp³-hybridized carbons (Fsp3) is 0. The van der Waals surface area contributed by atoms with Gasteiger partial charge in [0.15, 0.2) is 0 Å². The van der Waals surface area contributed by atoms with Gasteiger partial charge in [-0.25, -0.2) is 0 Å². The number of para-hydroxylation sites is 1. The molecule has 3 aromatic rings. The molecule has 0 aliphatic heterocycles. The quantitative estimate of drug-likeness (QED) is 0.697. The van der Waals surface area contributed by atoms with Crippen LogP contribution in [0.3, 0.4) is 0 Å². The van der Waals surface area contributed by atoms with Gasteiger partial charge in [-0.1, -0.05) is 54.6 Å². The Morgan fingerprint density at radius 3 is 2.05 bits per heavy atom. The topological polar surface area (TPSA) is 40.5 Å². The summed E-state index contributed by atoms with van der Waals surface area (Å²) < 4.78 is 0. The first-order valence-corrected chi connectivity index (χ1v) is 5.73. The third-order valence-electron chi connectivity index (χ3n) is 2.84. The van der Waals surface area contributed by atoms with Gasteiger partial charge in [-0.05, 0) is 23.6 Å². The van der Waals surface area contributed by atoms with Gasteiger partial charge in [0.1, 0.15) is 0 Å². The van der Waals surface area contributed by atoms with Gasteiger partial charge in [0.2, 0.25) is 0 Å². The SMILES string of the molecule is [O-2].[Zn+2].c1ccc(Nc2cccc3ccccc23)cc1. The summed E-state index contributed by atoms with van der Waals surface area (Å²) >= 11 is 0. The third-order valence-corrected chi connectivity index (χ3v) is 2.84. The van der Waals surface area contributed by atoms with Crippen LogP contribution in [0.25, 0.3) is 10.8 Å². The molecule has 0 saturated carbocycles. The molecule has 1 N–H and O–H groups in total. The Hall–Kier alpha value is -1.70. The molecular formula is C16H13NOZn. The Morgan fingerprint density at radius 1 is 0.632 bits per heavy atom.